The Hall–Kier alpha value is -1.83. The van der Waals surface area contributed by atoms with Crippen molar-refractivity contribution in [2.24, 2.45) is 17.3 Å². The molecule has 1 aliphatic rings. The molecule has 1 aromatic heterocycles. The molecule has 0 bridgehead atoms. The van der Waals surface area contributed by atoms with Gasteiger partial charge in [0.15, 0.2) is 0 Å². The summed E-state index contributed by atoms with van der Waals surface area (Å²) in [4.78, 5) is 30.3. The van der Waals surface area contributed by atoms with Crippen LogP contribution in [-0.2, 0) is 14.3 Å². The number of thiazole rings is 1. The van der Waals surface area contributed by atoms with Crippen LogP contribution in [0.4, 0.5) is 0 Å². The van der Waals surface area contributed by atoms with Gasteiger partial charge in [-0.2, -0.15) is 0 Å². The molecule has 0 saturated carbocycles. The predicted octanol–water partition coefficient (Wildman–Crippen LogP) is 4.88. The monoisotopic (exact) mass is 477 g/mol. The Morgan fingerprint density at radius 3 is 2.58 bits per heavy atom. The number of carbonyl (C=O) groups is 2. The van der Waals surface area contributed by atoms with Gasteiger partial charge in [-0.25, -0.2) is 4.98 Å². The number of esters is 1. The normalized spacial score (nSPS) is 31.8. The van der Waals surface area contributed by atoms with Crippen molar-refractivity contribution < 1.29 is 24.5 Å². The van der Waals surface area contributed by atoms with Gasteiger partial charge < -0.3 is 14.9 Å². The summed E-state index contributed by atoms with van der Waals surface area (Å²) in [6, 6.07) is 0. The molecule has 1 aromatic rings. The van der Waals surface area contributed by atoms with Crippen molar-refractivity contribution in [1.29, 1.82) is 0 Å². The molecule has 2 rings (SSSR count). The van der Waals surface area contributed by atoms with Crippen LogP contribution in [0.1, 0.15) is 77.4 Å². The van der Waals surface area contributed by atoms with Crippen molar-refractivity contribution in [3.05, 3.63) is 33.8 Å². The molecule has 1 aliphatic heterocycles. The number of hydrogen-bond acceptors (Lipinski definition) is 7. The van der Waals surface area contributed by atoms with E-state index in [0.29, 0.717) is 6.42 Å². The number of nitrogens with zero attached hydrogens (tertiary/aromatic N) is 1. The lowest BCUT2D eigenvalue weighted by Gasteiger charge is -2.34. The van der Waals surface area contributed by atoms with Gasteiger partial charge in [0.05, 0.1) is 34.7 Å². The van der Waals surface area contributed by atoms with Crippen LogP contribution in [0.5, 0.6) is 0 Å². The first-order chi connectivity index (χ1) is 15.4. The van der Waals surface area contributed by atoms with Gasteiger partial charge in [0.25, 0.3) is 0 Å². The third kappa shape index (κ3) is 7.59. The van der Waals surface area contributed by atoms with Crippen molar-refractivity contribution in [1.82, 2.24) is 4.98 Å². The molecule has 2 heterocycles. The molecule has 7 heteroatoms. The fourth-order valence-electron chi connectivity index (χ4n) is 4.18. The predicted molar refractivity (Wildman–Crippen MR) is 132 cm³/mol. The number of aryl methyl sites for hydroxylation is 1. The molecule has 0 saturated heterocycles. The summed E-state index contributed by atoms with van der Waals surface area (Å²) in [6.07, 6.45) is 6.28. The van der Waals surface area contributed by atoms with Crippen molar-refractivity contribution in [3.63, 3.8) is 0 Å². The average Bonchev–Trinajstić information content (AvgIpc) is 3.16. The van der Waals surface area contributed by atoms with Crippen molar-refractivity contribution in [2.75, 3.05) is 0 Å². The molecule has 2 N–H and O–H groups in total. The first-order valence-corrected chi connectivity index (χ1v) is 12.7. The van der Waals surface area contributed by atoms with E-state index in [1.54, 1.807) is 32.1 Å². The van der Waals surface area contributed by atoms with Gasteiger partial charge in [-0.3, -0.25) is 9.59 Å². The first-order valence-electron chi connectivity index (χ1n) is 11.8. The second kappa shape index (κ2) is 12.0. The number of aliphatic hydroxyl groups excluding tert-OH is 2. The topological polar surface area (TPSA) is 96.7 Å². The Kier molecular flexibility index (Phi) is 10.0. The summed E-state index contributed by atoms with van der Waals surface area (Å²) in [6.45, 7) is 10.8. The van der Waals surface area contributed by atoms with Gasteiger partial charge in [0.2, 0.25) is 0 Å². The van der Waals surface area contributed by atoms with Gasteiger partial charge in [-0.1, -0.05) is 39.8 Å². The Labute approximate surface area is 201 Å². The minimum absolute atomic E-state index is 0.0392. The third-order valence-electron chi connectivity index (χ3n) is 6.68. The minimum atomic E-state index is -1.21. The summed E-state index contributed by atoms with van der Waals surface area (Å²) < 4.78 is 5.75. The fraction of sp³-hybridized carbons (Fsp3) is 0.654. The van der Waals surface area contributed by atoms with E-state index in [1.165, 1.54) is 0 Å². The zero-order valence-corrected chi connectivity index (χ0v) is 21.5. The highest BCUT2D eigenvalue weighted by atomic mass is 32.1. The zero-order chi connectivity index (χ0) is 24.8. The molecule has 0 aliphatic carbocycles. The van der Waals surface area contributed by atoms with E-state index in [0.717, 1.165) is 35.5 Å². The number of carbonyl (C=O) groups excluding carboxylic acids is 2. The molecule has 0 amide bonds. The van der Waals surface area contributed by atoms with E-state index in [-0.39, 0.29) is 18.1 Å². The molecule has 6 nitrogen and oxygen atoms in total. The Morgan fingerprint density at radius 2 is 1.94 bits per heavy atom. The van der Waals surface area contributed by atoms with E-state index in [2.05, 4.69) is 11.1 Å². The minimum Gasteiger partial charge on any atom is -0.457 e. The van der Waals surface area contributed by atoms with Crippen LogP contribution in [-0.4, -0.2) is 45.3 Å². The zero-order valence-electron chi connectivity index (χ0n) is 20.7. The smallest absolute Gasteiger partial charge is 0.309 e. The third-order valence-corrected chi connectivity index (χ3v) is 7.47. The lowest BCUT2D eigenvalue weighted by atomic mass is 9.73. The van der Waals surface area contributed by atoms with Crippen LogP contribution in [0, 0.1) is 24.2 Å². The molecule has 0 spiro atoms. The maximum atomic E-state index is 13.1. The number of aromatic nitrogens is 1. The SMILES string of the molecule is C/C(=C\c1csc(C)n1)C1C/C=C\CCCC(C)C(O)C(C)C(=O)C(C)(C)C(O)CC(=O)O1. The largest absolute Gasteiger partial charge is 0.457 e. The molecular formula is C26H39NO5S. The average molecular weight is 478 g/mol. The Bertz CT molecular complexity index is 872. The van der Waals surface area contributed by atoms with E-state index < -0.39 is 35.6 Å². The first kappa shape index (κ1) is 27.4. The fourth-order valence-corrected chi connectivity index (χ4v) is 4.75. The van der Waals surface area contributed by atoms with Crippen LogP contribution in [0.3, 0.4) is 0 Å². The van der Waals surface area contributed by atoms with E-state index in [1.807, 2.05) is 38.3 Å². The van der Waals surface area contributed by atoms with Crippen LogP contribution >= 0.6 is 11.3 Å². The van der Waals surface area contributed by atoms with Gasteiger partial charge in [-0.15, -0.1) is 11.3 Å². The summed E-state index contributed by atoms with van der Waals surface area (Å²) in [7, 11) is 0. The number of ether oxygens (including phenoxy) is 1. The Morgan fingerprint density at radius 1 is 1.24 bits per heavy atom. The molecule has 33 heavy (non-hydrogen) atoms. The quantitative estimate of drug-likeness (QED) is 0.466. The molecule has 184 valence electrons. The molecule has 5 unspecified atom stereocenters. The summed E-state index contributed by atoms with van der Waals surface area (Å²) in [5.74, 6) is -1.48. The highest BCUT2D eigenvalue weighted by Crippen LogP contribution is 2.32. The van der Waals surface area contributed by atoms with Crippen molar-refractivity contribution in [3.8, 4) is 0 Å². The van der Waals surface area contributed by atoms with Crippen molar-refractivity contribution >= 4 is 29.2 Å². The number of aliphatic hydroxyl groups is 2. The number of ketones is 1. The summed E-state index contributed by atoms with van der Waals surface area (Å²) in [5, 5.41) is 24.4. The summed E-state index contributed by atoms with van der Waals surface area (Å²) in [5.41, 5.74) is 0.513. The highest BCUT2D eigenvalue weighted by Gasteiger charge is 2.42. The summed E-state index contributed by atoms with van der Waals surface area (Å²) >= 11 is 1.56. The molecule has 0 fully saturated rings. The van der Waals surface area contributed by atoms with Crippen LogP contribution < -0.4 is 0 Å². The number of cyclic esters (lactones) is 1. The number of rotatable bonds is 2. The van der Waals surface area contributed by atoms with E-state index in [4.69, 9.17) is 4.74 Å². The van der Waals surface area contributed by atoms with Gasteiger partial charge in [0, 0.05) is 17.7 Å². The highest BCUT2D eigenvalue weighted by molar-refractivity contribution is 7.09. The van der Waals surface area contributed by atoms with Gasteiger partial charge >= 0.3 is 5.97 Å². The van der Waals surface area contributed by atoms with Gasteiger partial charge in [0.1, 0.15) is 11.9 Å². The Balaban J connectivity index is 2.27. The lowest BCUT2D eigenvalue weighted by Crippen LogP contribution is -2.45. The maximum Gasteiger partial charge on any atom is 0.309 e. The lowest BCUT2D eigenvalue weighted by molar-refractivity contribution is -0.154. The number of hydrogen-bond donors (Lipinski definition) is 2. The van der Waals surface area contributed by atoms with Crippen LogP contribution in [0.25, 0.3) is 6.08 Å². The van der Waals surface area contributed by atoms with Gasteiger partial charge in [-0.05, 0) is 50.7 Å². The molecule has 0 aromatic carbocycles. The molecule has 0 radical (unpaired) electrons. The molecular weight excluding hydrogens is 438 g/mol. The van der Waals surface area contributed by atoms with Crippen LogP contribution in [0.2, 0.25) is 0 Å². The second-order valence-corrected chi connectivity index (χ2v) is 10.9. The van der Waals surface area contributed by atoms with Crippen LogP contribution in [0.15, 0.2) is 23.1 Å². The van der Waals surface area contributed by atoms with Crippen molar-refractivity contribution in [2.45, 2.75) is 92.0 Å². The van der Waals surface area contributed by atoms with E-state index in [9.17, 15) is 19.8 Å². The maximum absolute atomic E-state index is 13.1. The number of allylic oxidation sites excluding steroid dienone is 1. The van der Waals surface area contributed by atoms with E-state index >= 15 is 0 Å². The number of Topliss-reactive ketones (excluding diaryl/α,β-unsaturated/α-hetero) is 1. The molecule has 5 atom stereocenters. The standard InChI is InChI=1S/C26H39NO5S/c1-16-11-9-7-8-10-12-21(17(2)13-20-15-33-19(4)27-20)32-23(29)14-22(28)26(5,6)25(31)18(3)24(16)30/h8,10,13,15-16,18,21-22,24,28,30H,7,9,11-12,14H2,1-6H3/b10-8-,17-13+. The second-order valence-electron chi connectivity index (χ2n) is 9.86.